The first-order chi connectivity index (χ1) is 27.9. The molecule has 0 N–H and O–H groups in total. The molecule has 57 heavy (non-hydrogen) atoms. The number of ether oxygens (including phenoxy) is 10. The lowest BCUT2D eigenvalue weighted by Gasteiger charge is -2.43. The molecule has 1 heterocycles. The van der Waals surface area contributed by atoms with Crippen molar-refractivity contribution in [2.75, 3.05) is 145 Å². The van der Waals surface area contributed by atoms with Crippen molar-refractivity contribution >= 4 is 30.5 Å². The Morgan fingerprint density at radius 2 is 0.667 bits per heavy atom. The van der Waals surface area contributed by atoms with Gasteiger partial charge in [-0.05, 0) is 15.4 Å². The molecular formula is C42H65NO13Si. The average Bonchev–Trinajstić information content (AvgIpc) is 3.53. The summed E-state index contributed by atoms with van der Waals surface area (Å²) < 4.78 is 62.2. The van der Waals surface area contributed by atoms with Crippen molar-refractivity contribution < 1.29 is 61.4 Å². The van der Waals surface area contributed by atoms with Crippen LogP contribution in [0.4, 0.5) is 0 Å². The summed E-state index contributed by atoms with van der Waals surface area (Å²) in [7, 11) is -2.55. The zero-order valence-electron chi connectivity index (χ0n) is 34.2. The number of rotatable bonds is 36. The number of benzene rings is 2. The van der Waals surface area contributed by atoms with Gasteiger partial charge in [0.15, 0.2) is 0 Å². The van der Waals surface area contributed by atoms with Gasteiger partial charge in [-0.1, -0.05) is 81.4 Å². The summed E-state index contributed by atoms with van der Waals surface area (Å²) in [6, 6.07) is 21.2. The van der Waals surface area contributed by atoms with Crippen molar-refractivity contribution in [3.05, 3.63) is 72.8 Å². The fourth-order valence-electron chi connectivity index (χ4n) is 5.90. The van der Waals surface area contributed by atoms with Gasteiger partial charge in [-0.25, -0.2) is 0 Å². The highest BCUT2D eigenvalue weighted by molar-refractivity contribution is 6.99. The minimum atomic E-state index is -2.55. The van der Waals surface area contributed by atoms with E-state index in [9.17, 15) is 9.59 Å². The van der Waals surface area contributed by atoms with Crippen LogP contribution in [0.1, 0.15) is 20.8 Å². The molecule has 0 spiro atoms. The number of nitrogens with zero attached hydrogens (tertiary/aromatic N) is 1. The third-order valence-corrected chi connectivity index (χ3v) is 13.7. The third-order valence-electron chi connectivity index (χ3n) is 8.67. The Balaban J connectivity index is 1.00. The molecule has 1 aliphatic rings. The first-order valence-electron chi connectivity index (χ1n) is 19.9. The van der Waals surface area contributed by atoms with E-state index in [1.165, 1.54) is 22.5 Å². The molecule has 15 heteroatoms. The largest absolute Gasteiger partial charge is 0.405 e. The molecule has 2 aromatic rings. The van der Waals surface area contributed by atoms with Crippen molar-refractivity contribution in [3.63, 3.8) is 0 Å². The molecule has 0 unspecified atom stereocenters. The average molecular weight is 820 g/mol. The number of carbonyl (C=O) groups excluding carboxylic acids is 2. The molecule has 2 aromatic carbocycles. The van der Waals surface area contributed by atoms with E-state index in [1.807, 2.05) is 12.1 Å². The molecule has 1 aliphatic heterocycles. The van der Waals surface area contributed by atoms with Crippen LogP contribution in [0, 0.1) is 0 Å². The SMILES string of the molecule is CC(C)(C)[Si](OCCOCCOCCOCCOCCOCCOCCOCCOCCOCCOCCN1C(=O)C=CC1=O)(c1ccccc1)c1ccccc1. The quantitative estimate of drug-likeness (QED) is 0.0567. The highest BCUT2D eigenvalue weighted by Crippen LogP contribution is 2.36. The smallest absolute Gasteiger partial charge is 0.261 e. The van der Waals surface area contributed by atoms with Crippen LogP contribution in [0.2, 0.25) is 5.04 Å². The van der Waals surface area contributed by atoms with Crippen LogP contribution in [0.15, 0.2) is 72.8 Å². The van der Waals surface area contributed by atoms with E-state index < -0.39 is 8.32 Å². The minimum Gasteiger partial charge on any atom is -0.405 e. The number of amides is 2. The zero-order valence-corrected chi connectivity index (χ0v) is 35.2. The summed E-state index contributed by atoms with van der Waals surface area (Å²) in [5.74, 6) is -0.614. The van der Waals surface area contributed by atoms with Gasteiger partial charge in [-0.15, -0.1) is 0 Å². The lowest BCUT2D eigenvalue weighted by atomic mass is 10.2. The van der Waals surface area contributed by atoms with E-state index in [1.54, 1.807) is 0 Å². The zero-order chi connectivity index (χ0) is 40.7. The van der Waals surface area contributed by atoms with Crippen LogP contribution in [-0.2, 0) is 61.4 Å². The molecule has 0 atom stereocenters. The molecule has 2 amide bonds. The van der Waals surface area contributed by atoms with E-state index in [-0.39, 0.29) is 30.0 Å². The maximum Gasteiger partial charge on any atom is 0.261 e. The Bertz CT molecular complexity index is 1290. The molecule has 0 bridgehead atoms. The van der Waals surface area contributed by atoms with Gasteiger partial charge < -0.3 is 51.8 Å². The molecule has 0 aliphatic carbocycles. The van der Waals surface area contributed by atoms with E-state index in [0.717, 1.165) is 4.90 Å². The van der Waals surface area contributed by atoms with Gasteiger partial charge in [0.1, 0.15) is 0 Å². The maximum absolute atomic E-state index is 11.4. The van der Waals surface area contributed by atoms with Gasteiger partial charge in [-0.2, -0.15) is 0 Å². The Kier molecular flexibility index (Phi) is 25.7. The predicted molar refractivity (Wildman–Crippen MR) is 218 cm³/mol. The lowest BCUT2D eigenvalue weighted by Crippen LogP contribution is -2.66. The number of hydrogen-bond donors (Lipinski definition) is 0. The van der Waals surface area contributed by atoms with Crippen LogP contribution in [0.5, 0.6) is 0 Å². The van der Waals surface area contributed by atoms with Gasteiger partial charge in [0.05, 0.1) is 145 Å². The van der Waals surface area contributed by atoms with Gasteiger partial charge in [0, 0.05) is 12.2 Å². The Hall–Kier alpha value is -2.90. The standard InChI is InChI=1S/C42H65NO13Si/c1-42(2,3)57(38-10-6-4-7-11-38,39-12-8-5-9-13-39)56-37-36-55-35-34-54-33-32-53-31-30-52-29-28-51-27-26-50-25-24-49-23-22-48-21-20-47-19-18-46-17-16-43-40(44)14-15-41(43)45/h4-15H,16-37H2,1-3H3. The van der Waals surface area contributed by atoms with Crippen molar-refractivity contribution in [3.8, 4) is 0 Å². The summed E-state index contributed by atoms with van der Waals surface area (Å²) in [6.45, 7) is 16.8. The summed E-state index contributed by atoms with van der Waals surface area (Å²) in [6.07, 6.45) is 2.51. The number of carbonyl (C=O) groups is 2. The highest BCUT2D eigenvalue weighted by atomic mass is 28.4. The minimum absolute atomic E-state index is 0.0635. The molecule has 320 valence electrons. The van der Waals surface area contributed by atoms with E-state index in [0.29, 0.717) is 132 Å². The second-order valence-corrected chi connectivity index (χ2v) is 18.1. The Morgan fingerprint density at radius 3 is 0.947 bits per heavy atom. The lowest BCUT2D eigenvalue weighted by molar-refractivity contribution is -0.137. The van der Waals surface area contributed by atoms with Gasteiger partial charge in [0.2, 0.25) is 0 Å². The van der Waals surface area contributed by atoms with Crippen molar-refractivity contribution in [1.29, 1.82) is 0 Å². The molecule has 0 saturated heterocycles. The monoisotopic (exact) mass is 819 g/mol. The predicted octanol–water partition coefficient (Wildman–Crippen LogP) is 2.65. The third kappa shape index (κ3) is 19.6. The molecule has 0 aromatic heterocycles. The molecule has 14 nitrogen and oxygen atoms in total. The molecular weight excluding hydrogens is 755 g/mol. The van der Waals surface area contributed by atoms with Crippen molar-refractivity contribution in [1.82, 2.24) is 4.90 Å². The number of imide groups is 1. The fourth-order valence-corrected chi connectivity index (χ4v) is 10.4. The van der Waals surface area contributed by atoms with Gasteiger partial charge in [0.25, 0.3) is 20.1 Å². The van der Waals surface area contributed by atoms with Crippen LogP contribution in [-0.4, -0.2) is 170 Å². The van der Waals surface area contributed by atoms with Crippen LogP contribution < -0.4 is 10.4 Å². The first-order valence-corrected chi connectivity index (χ1v) is 21.8. The molecule has 0 saturated carbocycles. The number of hydrogen-bond acceptors (Lipinski definition) is 13. The summed E-state index contributed by atoms with van der Waals surface area (Å²) in [4.78, 5) is 24.0. The van der Waals surface area contributed by atoms with Gasteiger partial charge in [-0.3, -0.25) is 14.5 Å². The van der Waals surface area contributed by atoms with E-state index in [4.69, 9.17) is 51.8 Å². The first kappa shape index (κ1) is 48.5. The highest BCUT2D eigenvalue weighted by Gasteiger charge is 2.50. The Morgan fingerprint density at radius 1 is 0.404 bits per heavy atom. The van der Waals surface area contributed by atoms with Crippen LogP contribution in [0.3, 0.4) is 0 Å². The summed E-state index contributed by atoms with van der Waals surface area (Å²) in [5, 5.41) is 2.46. The summed E-state index contributed by atoms with van der Waals surface area (Å²) >= 11 is 0. The second-order valence-electron chi connectivity index (χ2n) is 13.8. The summed E-state index contributed by atoms with van der Waals surface area (Å²) in [5.41, 5.74) is 0. The molecule has 3 rings (SSSR count). The van der Waals surface area contributed by atoms with E-state index >= 15 is 0 Å². The molecule has 0 radical (unpaired) electrons. The van der Waals surface area contributed by atoms with Crippen LogP contribution >= 0.6 is 0 Å². The van der Waals surface area contributed by atoms with E-state index in [2.05, 4.69) is 69.3 Å². The van der Waals surface area contributed by atoms with Crippen molar-refractivity contribution in [2.24, 2.45) is 0 Å². The normalized spacial score (nSPS) is 13.4. The maximum atomic E-state index is 11.4. The fraction of sp³-hybridized carbons (Fsp3) is 0.619. The van der Waals surface area contributed by atoms with Crippen LogP contribution in [0.25, 0.3) is 0 Å². The topological polar surface area (TPSA) is 139 Å². The van der Waals surface area contributed by atoms with Gasteiger partial charge >= 0.3 is 0 Å². The van der Waals surface area contributed by atoms with Crippen molar-refractivity contribution in [2.45, 2.75) is 25.8 Å². The molecule has 0 fully saturated rings. The second kappa shape index (κ2) is 30.2. The Labute approximate surface area is 340 Å².